The molecule has 2 unspecified atom stereocenters. The van der Waals surface area contributed by atoms with Gasteiger partial charge in [0.05, 0.1) is 11.5 Å². The van der Waals surface area contributed by atoms with E-state index in [1.165, 1.54) is 0 Å². The molecule has 0 spiro atoms. The van der Waals surface area contributed by atoms with E-state index >= 15 is 0 Å². The Morgan fingerprint density at radius 2 is 1.76 bits per heavy atom. The molecule has 1 rings (SSSR count). The second-order valence-corrected chi connectivity index (χ2v) is 6.74. The molecule has 0 fully saturated rings. The van der Waals surface area contributed by atoms with E-state index in [1.807, 2.05) is 26.0 Å². The van der Waals surface area contributed by atoms with Crippen LogP contribution in [0.5, 0.6) is 0 Å². The normalized spacial score (nSPS) is 14.9. The van der Waals surface area contributed by atoms with Gasteiger partial charge in [-0.3, -0.25) is 0 Å². The van der Waals surface area contributed by atoms with Gasteiger partial charge in [0.25, 0.3) is 0 Å². The molecule has 2 atom stereocenters. The first-order valence-corrected chi connectivity index (χ1v) is 8.82. The fraction of sp³-hybridized carbons (Fsp3) is 0.600. The topological polar surface area (TPSA) is 67.4 Å². The van der Waals surface area contributed by atoms with Gasteiger partial charge >= 0.3 is 0 Å². The van der Waals surface area contributed by atoms with Gasteiger partial charge in [-0.05, 0) is 45.0 Å². The lowest BCUT2D eigenvalue weighted by atomic mass is 10.1. The van der Waals surface area contributed by atoms with Crippen LogP contribution in [0.2, 0.25) is 0 Å². The van der Waals surface area contributed by atoms with Crippen molar-refractivity contribution in [2.45, 2.75) is 44.7 Å². The fourth-order valence-corrected chi connectivity index (χ4v) is 3.25. The maximum absolute atomic E-state index is 12.2. The molecule has 0 radical (unpaired) electrons. The first-order valence-electron chi connectivity index (χ1n) is 7.34. The number of hydrogen-bond acceptors (Lipinski definition) is 4. The summed E-state index contributed by atoms with van der Waals surface area (Å²) in [5.41, 5.74) is 1.07. The predicted molar refractivity (Wildman–Crippen MR) is 84.8 cm³/mol. The lowest BCUT2D eigenvalue weighted by molar-refractivity contribution is 0.133. The van der Waals surface area contributed by atoms with E-state index in [1.54, 1.807) is 19.1 Å². The van der Waals surface area contributed by atoms with Crippen molar-refractivity contribution in [3.63, 3.8) is 0 Å². The third kappa shape index (κ3) is 5.74. The Bertz CT molecular complexity index is 514. The molecule has 0 saturated heterocycles. The molecule has 0 aliphatic carbocycles. The summed E-state index contributed by atoms with van der Waals surface area (Å²) in [6, 6.07) is 6.91. The minimum atomic E-state index is -3.50. The summed E-state index contributed by atoms with van der Waals surface area (Å²) in [6.07, 6.45) is 0. The van der Waals surface area contributed by atoms with Crippen LogP contribution in [0.15, 0.2) is 29.2 Å². The molecular formula is C15H26N2O3S. The molecule has 0 saturated carbocycles. The van der Waals surface area contributed by atoms with Gasteiger partial charge in [0, 0.05) is 18.7 Å². The quantitative estimate of drug-likeness (QED) is 0.732. The van der Waals surface area contributed by atoms with Gasteiger partial charge in [-0.2, -0.15) is 0 Å². The fourth-order valence-electron chi connectivity index (χ4n) is 2.02. The standard InChI is InChI=1S/C15H26N2O3S/c1-5-16-13(4)14-7-9-15(10-8-14)21(18,19)17-12(3)11-20-6-2/h7-10,12-13,16-17H,5-6,11H2,1-4H3. The monoisotopic (exact) mass is 314 g/mol. The Labute approximate surface area is 128 Å². The first-order chi connectivity index (χ1) is 9.90. The van der Waals surface area contributed by atoms with E-state index in [2.05, 4.69) is 17.0 Å². The Balaban J connectivity index is 2.75. The second-order valence-electron chi connectivity index (χ2n) is 5.03. The zero-order valence-corrected chi connectivity index (χ0v) is 14.0. The molecule has 6 heteroatoms. The van der Waals surface area contributed by atoms with Crippen LogP contribution in [0.3, 0.4) is 0 Å². The Morgan fingerprint density at radius 1 is 1.14 bits per heavy atom. The van der Waals surface area contributed by atoms with E-state index in [-0.39, 0.29) is 17.0 Å². The number of hydrogen-bond donors (Lipinski definition) is 2. The molecule has 0 amide bonds. The van der Waals surface area contributed by atoms with Crippen molar-refractivity contribution in [3.8, 4) is 0 Å². The van der Waals surface area contributed by atoms with Gasteiger partial charge in [-0.1, -0.05) is 19.1 Å². The van der Waals surface area contributed by atoms with Crippen LogP contribution in [-0.2, 0) is 14.8 Å². The van der Waals surface area contributed by atoms with E-state index in [0.717, 1.165) is 12.1 Å². The number of ether oxygens (including phenoxy) is 1. The minimum absolute atomic E-state index is 0.205. The summed E-state index contributed by atoms with van der Waals surface area (Å²) in [6.45, 7) is 9.57. The Kier molecular flexibility index (Phi) is 7.31. The van der Waals surface area contributed by atoms with E-state index < -0.39 is 10.0 Å². The first kappa shape index (κ1) is 18.1. The van der Waals surface area contributed by atoms with Crippen LogP contribution in [0.25, 0.3) is 0 Å². The van der Waals surface area contributed by atoms with Gasteiger partial charge in [0.2, 0.25) is 10.0 Å². The van der Waals surface area contributed by atoms with E-state index in [4.69, 9.17) is 4.74 Å². The Hall–Kier alpha value is -0.950. The second kappa shape index (κ2) is 8.48. The van der Waals surface area contributed by atoms with Gasteiger partial charge in [0.1, 0.15) is 0 Å². The summed E-state index contributed by atoms with van der Waals surface area (Å²) < 4.78 is 32.3. The molecule has 1 aromatic carbocycles. The van der Waals surface area contributed by atoms with Gasteiger partial charge in [-0.25, -0.2) is 13.1 Å². The van der Waals surface area contributed by atoms with Crippen molar-refractivity contribution in [1.29, 1.82) is 0 Å². The van der Waals surface area contributed by atoms with Crippen LogP contribution < -0.4 is 10.0 Å². The van der Waals surface area contributed by atoms with Gasteiger partial charge in [-0.15, -0.1) is 0 Å². The van der Waals surface area contributed by atoms with Crippen LogP contribution in [-0.4, -0.2) is 34.2 Å². The molecule has 5 nitrogen and oxygen atoms in total. The molecule has 0 aliphatic heterocycles. The molecule has 2 N–H and O–H groups in total. The highest BCUT2D eigenvalue weighted by molar-refractivity contribution is 7.89. The number of nitrogens with one attached hydrogen (secondary N) is 2. The molecule has 0 aromatic heterocycles. The summed E-state index contributed by atoms with van der Waals surface area (Å²) in [7, 11) is -3.50. The molecule has 21 heavy (non-hydrogen) atoms. The molecular weight excluding hydrogens is 288 g/mol. The van der Waals surface area contributed by atoms with E-state index in [9.17, 15) is 8.42 Å². The highest BCUT2D eigenvalue weighted by Gasteiger charge is 2.17. The average molecular weight is 314 g/mol. The van der Waals surface area contributed by atoms with Crippen LogP contribution in [0.1, 0.15) is 39.3 Å². The summed E-state index contributed by atoms with van der Waals surface area (Å²) in [5, 5.41) is 3.29. The summed E-state index contributed by atoms with van der Waals surface area (Å²) >= 11 is 0. The zero-order valence-electron chi connectivity index (χ0n) is 13.2. The molecule has 0 aliphatic rings. The zero-order chi connectivity index (χ0) is 15.9. The smallest absolute Gasteiger partial charge is 0.240 e. The number of benzene rings is 1. The molecule has 0 bridgehead atoms. The minimum Gasteiger partial charge on any atom is -0.380 e. The number of rotatable bonds is 9. The average Bonchev–Trinajstić information content (AvgIpc) is 2.45. The highest BCUT2D eigenvalue weighted by atomic mass is 32.2. The largest absolute Gasteiger partial charge is 0.380 e. The Morgan fingerprint density at radius 3 is 2.29 bits per heavy atom. The number of sulfonamides is 1. The van der Waals surface area contributed by atoms with Crippen molar-refractivity contribution in [2.24, 2.45) is 0 Å². The van der Waals surface area contributed by atoms with Gasteiger partial charge < -0.3 is 10.1 Å². The van der Waals surface area contributed by atoms with Crippen molar-refractivity contribution >= 4 is 10.0 Å². The molecule has 1 aromatic rings. The highest BCUT2D eigenvalue weighted by Crippen LogP contribution is 2.16. The molecule has 120 valence electrons. The third-order valence-corrected chi connectivity index (χ3v) is 4.73. The summed E-state index contributed by atoms with van der Waals surface area (Å²) in [4.78, 5) is 0.276. The summed E-state index contributed by atoms with van der Waals surface area (Å²) in [5.74, 6) is 0. The van der Waals surface area contributed by atoms with Crippen LogP contribution >= 0.6 is 0 Å². The SMILES string of the molecule is CCNC(C)c1ccc(S(=O)(=O)NC(C)COCC)cc1. The third-order valence-electron chi connectivity index (χ3n) is 3.13. The van der Waals surface area contributed by atoms with Crippen LogP contribution in [0, 0.1) is 0 Å². The van der Waals surface area contributed by atoms with Crippen molar-refractivity contribution < 1.29 is 13.2 Å². The van der Waals surface area contributed by atoms with Crippen molar-refractivity contribution in [2.75, 3.05) is 19.8 Å². The van der Waals surface area contributed by atoms with Crippen molar-refractivity contribution in [3.05, 3.63) is 29.8 Å². The van der Waals surface area contributed by atoms with Crippen molar-refractivity contribution in [1.82, 2.24) is 10.0 Å². The maximum atomic E-state index is 12.2. The van der Waals surface area contributed by atoms with E-state index in [0.29, 0.717) is 13.2 Å². The lowest BCUT2D eigenvalue weighted by Gasteiger charge is -2.16. The van der Waals surface area contributed by atoms with Gasteiger partial charge in [0.15, 0.2) is 0 Å². The maximum Gasteiger partial charge on any atom is 0.240 e. The molecule has 0 heterocycles. The van der Waals surface area contributed by atoms with Crippen LogP contribution in [0.4, 0.5) is 0 Å². The lowest BCUT2D eigenvalue weighted by Crippen LogP contribution is -2.35. The predicted octanol–water partition coefficient (Wildman–Crippen LogP) is 2.06.